The first-order chi connectivity index (χ1) is 8.02. The molecule has 0 radical (unpaired) electrons. The zero-order valence-corrected chi connectivity index (χ0v) is 10.0. The van der Waals surface area contributed by atoms with Crippen molar-refractivity contribution in [2.45, 2.75) is 19.9 Å². The SMILES string of the molecule is CC(C)C(NCC(=O)c1ccccc1)C(=O)O. The van der Waals surface area contributed by atoms with Crippen molar-refractivity contribution in [2.24, 2.45) is 5.92 Å². The third kappa shape index (κ3) is 4.00. The molecular weight excluding hydrogens is 218 g/mol. The van der Waals surface area contributed by atoms with Crippen molar-refractivity contribution >= 4 is 11.8 Å². The maximum absolute atomic E-state index is 11.7. The minimum absolute atomic E-state index is 0.0408. The van der Waals surface area contributed by atoms with Gasteiger partial charge in [-0.05, 0) is 5.92 Å². The highest BCUT2D eigenvalue weighted by Crippen LogP contribution is 2.03. The number of carbonyl (C=O) groups excluding carboxylic acids is 1. The Kier molecular flexibility index (Phi) is 4.84. The van der Waals surface area contributed by atoms with E-state index in [0.717, 1.165) is 0 Å². The average molecular weight is 235 g/mol. The molecule has 0 aliphatic carbocycles. The Bertz CT molecular complexity index is 387. The molecule has 1 rings (SSSR count). The second-order valence-electron chi connectivity index (χ2n) is 4.23. The topological polar surface area (TPSA) is 66.4 Å². The second-order valence-corrected chi connectivity index (χ2v) is 4.23. The predicted molar refractivity (Wildman–Crippen MR) is 65.0 cm³/mol. The van der Waals surface area contributed by atoms with E-state index in [1.54, 1.807) is 38.1 Å². The monoisotopic (exact) mass is 235 g/mol. The van der Waals surface area contributed by atoms with Gasteiger partial charge < -0.3 is 5.11 Å². The van der Waals surface area contributed by atoms with Gasteiger partial charge in [0.15, 0.2) is 5.78 Å². The normalized spacial score (nSPS) is 12.4. The van der Waals surface area contributed by atoms with Crippen LogP contribution in [-0.4, -0.2) is 29.4 Å². The summed E-state index contributed by atoms with van der Waals surface area (Å²) in [6.07, 6.45) is 0. The van der Waals surface area contributed by atoms with Crippen LogP contribution in [0.1, 0.15) is 24.2 Å². The molecule has 0 saturated heterocycles. The Morgan fingerprint density at radius 3 is 2.29 bits per heavy atom. The van der Waals surface area contributed by atoms with Crippen molar-refractivity contribution in [3.05, 3.63) is 35.9 Å². The number of aliphatic carboxylic acids is 1. The van der Waals surface area contributed by atoms with Gasteiger partial charge in [-0.15, -0.1) is 0 Å². The van der Waals surface area contributed by atoms with E-state index in [1.807, 2.05) is 6.07 Å². The summed E-state index contributed by atoms with van der Waals surface area (Å²) in [5.41, 5.74) is 0.591. The summed E-state index contributed by atoms with van der Waals surface area (Å²) in [7, 11) is 0. The van der Waals surface area contributed by atoms with Crippen LogP contribution in [0.4, 0.5) is 0 Å². The van der Waals surface area contributed by atoms with E-state index in [0.29, 0.717) is 5.56 Å². The number of Topliss-reactive ketones (excluding diaryl/α,β-unsaturated/α-hetero) is 1. The van der Waals surface area contributed by atoms with Gasteiger partial charge in [0.25, 0.3) is 0 Å². The molecule has 0 aromatic heterocycles. The van der Waals surface area contributed by atoms with Crippen LogP contribution in [0.3, 0.4) is 0 Å². The Morgan fingerprint density at radius 2 is 1.82 bits per heavy atom. The molecule has 1 unspecified atom stereocenters. The average Bonchev–Trinajstić information content (AvgIpc) is 2.29. The quantitative estimate of drug-likeness (QED) is 0.734. The molecule has 92 valence electrons. The fourth-order valence-electron chi connectivity index (χ4n) is 1.54. The zero-order chi connectivity index (χ0) is 12.8. The summed E-state index contributed by atoms with van der Waals surface area (Å²) in [6.45, 7) is 3.65. The van der Waals surface area contributed by atoms with E-state index >= 15 is 0 Å². The first-order valence-corrected chi connectivity index (χ1v) is 5.57. The number of ketones is 1. The van der Waals surface area contributed by atoms with E-state index < -0.39 is 12.0 Å². The van der Waals surface area contributed by atoms with Gasteiger partial charge in [-0.25, -0.2) is 0 Å². The molecule has 2 N–H and O–H groups in total. The number of hydrogen-bond acceptors (Lipinski definition) is 3. The van der Waals surface area contributed by atoms with E-state index in [2.05, 4.69) is 5.32 Å². The van der Waals surface area contributed by atoms with Gasteiger partial charge in [-0.2, -0.15) is 0 Å². The number of carbonyl (C=O) groups is 2. The predicted octanol–water partition coefficient (Wildman–Crippen LogP) is 1.57. The molecule has 4 heteroatoms. The fraction of sp³-hybridized carbons (Fsp3) is 0.385. The van der Waals surface area contributed by atoms with Gasteiger partial charge in [0, 0.05) is 5.56 Å². The van der Waals surface area contributed by atoms with E-state index in [-0.39, 0.29) is 18.2 Å². The standard InChI is InChI=1S/C13H17NO3/c1-9(2)12(13(16)17)14-8-11(15)10-6-4-3-5-7-10/h3-7,9,12,14H,8H2,1-2H3,(H,16,17). The maximum Gasteiger partial charge on any atom is 0.320 e. The highest BCUT2D eigenvalue weighted by atomic mass is 16.4. The Labute approximate surface area is 101 Å². The molecule has 1 aromatic carbocycles. The lowest BCUT2D eigenvalue weighted by Gasteiger charge is -2.17. The third-order valence-electron chi connectivity index (χ3n) is 2.51. The minimum Gasteiger partial charge on any atom is -0.480 e. The number of nitrogens with one attached hydrogen (secondary N) is 1. The lowest BCUT2D eigenvalue weighted by Crippen LogP contribution is -2.43. The molecule has 17 heavy (non-hydrogen) atoms. The van der Waals surface area contributed by atoms with Gasteiger partial charge >= 0.3 is 5.97 Å². The highest BCUT2D eigenvalue weighted by Gasteiger charge is 2.21. The summed E-state index contributed by atoms with van der Waals surface area (Å²) in [5.74, 6) is -1.09. The summed E-state index contributed by atoms with van der Waals surface area (Å²) in [5, 5.41) is 11.7. The fourth-order valence-corrected chi connectivity index (χ4v) is 1.54. The lowest BCUT2D eigenvalue weighted by atomic mass is 10.0. The summed E-state index contributed by atoms with van der Waals surface area (Å²) in [6, 6.07) is 8.14. The van der Waals surface area contributed by atoms with Crippen LogP contribution in [0.2, 0.25) is 0 Å². The van der Waals surface area contributed by atoms with Crippen LogP contribution in [0, 0.1) is 5.92 Å². The van der Waals surface area contributed by atoms with Gasteiger partial charge in [-0.1, -0.05) is 44.2 Å². The van der Waals surface area contributed by atoms with Crippen molar-refractivity contribution in [1.82, 2.24) is 5.32 Å². The molecule has 0 spiro atoms. The first kappa shape index (κ1) is 13.4. The molecule has 0 bridgehead atoms. The van der Waals surface area contributed by atoms with E-state index in [4.69, 9.17) is 5.11 Å². The molecule has 1 aromatic rings. The minimum atomic E-state index is -0.930. The van der Waals surface area contributed by atoms with Crippen molar-refractivity contribution in [2.75, 3.05) is 6.54 Å². The van der Waals surface area contributed by atoms with Crippen molar-refractivity contribution in [3.63, 3.8) is 0 Å². The molecule has 0 aliphatic heterocycles. The van der Waals surface area contributed by atoms with Crippen LogP contribution in [0.15, 0.2) is 30.3 Å². The maximum atomic E-state index is 11.7. The third-order valence-corrected chi connectivity index (χ3v) is 2.51. The van der Waals surface area contributed by atoms with Crippen molar-refractivity contribution in [3.8, 4) is 0 Å². The lowest BCUT2D eigenvalue weighted by molar-refractivity contribution is -0.140. The van der Waals surface area contributed by atoms with E-state index in [1.165, 1.54) is 0 Å². The zero-order valence-electron chi connectivity index (χ0n) is 10.0. The van der Waals surface area contributed by atoms with Gasteiger partial charge in [0.2, 0.25) is 0 Å². The number of benzene rings is 1. The number of rotatable bonds is 6. The molecule has 0 heterocycles. The summed E-state index contributed by atoms with van der Waals surface area (Å²) >= 11 is 0. The highest BCUT2D eigenvalue weighted by molar-refractivity contribution is 5.97. The second kappa shape index (κ2) is 6.15. The van der Waals surface area contributed by atoms with Crippen LogP contribution >= 0.6 is 0 Å². The molecule has 0 aliphatic rings. The van der Waals surface area contributed by atoms with Gasteiger partial charge in [0.05, 0.1) is 6.54 Å². The van der Waals surface area contributed by atoms with Crippen molar-refractivity contribution in [1.29, 1.82) is 0 Å². The summed E-state index contributed by atoms with van der Waals surface area (Å²) < 4.78 is 0. The number of carboxylic acid groups (broad SMARTS) is 1. The molecule has 1 atom stereocenters. The van der Waals surface area contributed by atoms with Crippen molar-refractivity contribution < 1.29 is 14.7 Å². The van der Waals surface area contributed by atoms with E-state index in [9.17, 15) is 9.59 Å². The Hall–Kier alpha value is -1.68. The summed E-state index contributed by atoms with van der Waals surface area (Å²) in [4.78, 5) is 22.7. The largest absolute Gasteiger partial charge is 0.480 e. The Balaban J connectivity index is 2.56. The number of carboxylic acids is 1. The molecule has 4 nitrogen and oxygen atoms in total. The smallest absolute Gasteiger partial charge is 0.320 e. The van der Waals surface area contributed by atoms with Crippen LogP contribution < -0.4 is 5.32 Å². The molecule has 0 saturated carbocycles. The number of hydrogen-bond donors (Lipinski definition) is 2. The Morgan fingerprint density at radius 1 is 1.24 bits per heavy atom. The van der Waals surface area contributed by atoms with Crippen LogP contribution in [0.5, 0.6) is 0 Å². The molecule has 0 fully saturated rings. The van der Waals surface area contributed by atoms with Crippen LogP contribution in [0.25, 0.3) is 0 Å². The first-order valence-electron chi connectivity index (χ1n) is 5.57. The van der Waals surface area contributed by atoms with Gasteiger partial charge in [-0.3, -0.25) is 14.9 Å². The molecule has 0 amide bonds. The van der Waals surface area contributed by atoms with Crippen LogP contribution in [-0.2, 0) is 4.79 Å². The molecular formula is C13H17NO3. The van der Waals surface area contributed by atoms with Gasteiger partial charge in [0.1, 0.15) is 6.04 Å².